The third kappa shape index (κ3) is 1.95. The second-order valence-corrected chi connectivity index (χ2v) is 4.24. The van der Waals surface area contributed by atoms with Crippen LogP contribution in [0.25, 0.3) is 0 Å². The predicted octanol–water partition coefficient (Wildman–Crippen LogP) is 0.783. The van der Waals surface area contributed by atoms with Gasteiger partial charge in [-0.25, -0.2) is 0 Å². The number of rotatable bonds is 1. The van der Waals surface area contributed by atoms with E-state index in [1.807, 2.05) is 18.3 Å². The summed E-state index contributed by atoms with van der Waals surface area (Å²) in [4.78, 5) is 3.08. The maximum absolute atomic E-state index is 5.58. The average molecular weight is 179 g/mol. The van der Waals surface area contributed by atoms with Crippen molar-refractivity contribution in [3.63, 3.8) is 0 Å². The molecule has 2 heterocycles. The molecule has 0 bridgehead atoms. The fourth-order valence-corrected chi connectivity index (χ4v) is 1.36. The molecular formula is C9H14BNO2. The molecule has 1 aliphatic heterocycles. The van der Waals surface area contributed by atoms with Gasteiger partial charge in [-0.3, -0.25) is 0 Å². The van der Waals surface area contributed by atoms with Crippen LogP contribution in [0.15, 0.2) is 18.3 Å². The lowest BCUT2D eigenvalue weighted by Gasteiger charge is -2.32. The smallest absolute Gasteiger partial charge is 0.406 e. The molecule has 4 heteroatoms. The summed E-state index contributed by atoms with van der Waals surface area (Å²) in [5, 5.41) is 0. The number of H-pyrrole nitrogens is 1. The van der Waals surface area contributed by atoms with Crippen LogP contribution < -0.4 is 5.59 Å². The third-order valence-corrected chi connectivity index (χ3v) is 2.13. The second-order valence-electron chi connectivity index (χ2n) is 4.24. The first kappa shape index (κ1) is 8.85. The van der Waals surface area contributed by atoms with Gasteiger partial charge in [0.05, 0.1) is 0 Å². The minimum absolute atomic E-state index is 0.142. The van der Waals surface area contributed by atoms with Gasteiger partial charge >= 0.3 is 7.12 Å². The first-order valence-electron chi connectivity index (χ1n) is 4.54. The molecule has 0 aliphatic carbocycles. The van der Waals surface area contributed by atoms with Crippen molar-refractivity contribution in [3.8, 4) is 0 Å². The molecular weight excluding hydrogens is 165 g/mol. The van der Waals surface area contributed by atoms with Gasteiger partial charge < -0.3 is 14.3 Å². The molecule has 0 radical (unpaired) electrons. The van der Waals surface area contributed by atoms with Crippen molar-refractivity contribution in [2.45, 2.75) is 13.8 Å². The Morgan fingerprint density at radius 3 is 2.62 bits per heavy atom. The van der Waals surface area contributed by atoms with Crippen LogP contribution in [-0.2, 0) is 9.31 Å². The molecule has 2 rings (SSSR count). The zero-order valence-electron chi connectivity index (χ0n) is 8.04. The van der Waals surface area contributed by atoms with Gasteiger partial charge in [-0.05, 0) is 12.1 Å². The van der Waals surface area contributed by atoms with Crippen LogP contribution >= 0.6 is 0 Å². The van der Waals surface area contributed by atoms with Crippen molar-refractivity contribution in [2.75, 3.05) is 13.2 Å². The highest BCUT2D eigenvalue weighted by Gasteiger charge is 2.33. The molecule has 1 aromatic heterocycles. The van der Waals surface area contributed by atoms with Gasteiger partial charge in [0.2, 0.25) is 0 Å². The standard InChI is InChI=1S/C9H14BNO2/c1-9(2)6-12-10(13-7-9)8-4-3-5-11-8/h3-5,11H,6-7H2,1-2H3. The normalized spacial score (nSPS) is 21.8. The maximum Gasteiger partial charge on any atom is 0.511 e. The van der Waals surface area contributed by atoms with Crippen LogP contribution in [0, 0.1) is 5.41 Å². The molecule has 1 aliphatic rings. The van der Waals surface area contributed by atoms with E-state index < -0.39 is 0 Å². The Kier molecular flexibility index (Phi) is 2.18. The highest BCUT2D eigenvalue weighted by molar-refractivity contribution is 6.60. The molecule has 0 saturated carbocycles. The molecule has 0 atom stereocenters. The monoisotopic (exact) mass is 179 g/mol. The molecule has 0 aromatic carbocycles. The van der Waals surface area contributed by atoms with Crippen LogP contribution in [0.4, 0.5) is 0 Å². The summed E-state index contributed by atoms with van der Waals surface area (Å²) in [7, 11) is -0.206. The Morgan fingerprint density at radius 2 is 2.08 bits per heavy atom. The summed E-state index contributed by atoms with van der Waals surface area (Å²) in [5.41, 5.74) is 1.14. The van der Waals surface area contributed by atoms with E-state index in [4.69, 9.17) is 9.31 Å². The summed E-state index contributed by atoms with van der Waals surface area (Å²) < 4.78 is 11.2. The van der Waals surface area contributed by atoms with Gasteiger partial charge in [0.1, 0.15) is 0 Å². The molecule has 1 fully saturated rings. The summed E-state index contributed by atoms with van der Waals surface area (Å²) in [6.45, 7) is 5.77. The van der Waals surface area contributed by atoms with E-state index in [-0.39, 0.29) is 12.5 Å². The fraction of sp³-hybridized carbons (Fsp3) is 0.556. The fourth-order valence-electron chi connectivity index (χ4n) is 1.36. The van der Waals surface area contributed by atoms with Crippen LogP contribution in [0.1, 0.15) is 13.8 Å². The first-order valence-corrected chi connectivity index (χ1v) is 4.54. The minimum atomic E-state index is -0.206. The van der Waals surface area contributed by atoms with E-state index in [2.05, 4.69) is 18.8 Å². The van der Waals surface area contributed by atoms with E-state index in [9.17, 15) is 0 Å². The van der Waals surface area contributed by atoms with Crippen LogP contribution in [0.2, 0.25) is 0 Å². The summed E-state index contributed by atoms with van der Waals surface area (Å²) in [5.74, 6) is 0. The third-order valence-electron chi connectivity index (χ3n) is 2.13. The molecule has 1 saturated heterocycles. The van der Waals surface area contributed by atoms with E-state index in [1.165, 1.54) is 0 Å². The molecule has 0 amide bonds. The lowest BCUT2D eigenvalue weighted by atomic mass is 9.80. The van der Waals surface area contributed by atoms with Crippen molar-refractivity contribution in [3.05, 3.63) is 18.3 Å². The van der Waals surface area contributed by atoms with Gasteiger partial charge in [-0.15, -0.1) is 0 Å². The SMILES string of the molecule is CC1(C)COB(c2ccc[nH]2)OC1. The molecule has 1 N–H and O–H groups in total. The number of aromatic amines is 1. The maximum atomic E-state index is 5.58. The Balaban J connectivity index is 1.99. The highest BCUT2D eigenvalue weighted by atomic mass is 16.6. The Labute approximate surface area is 78.6 Å². The average Bonchev–Trinajstić information content (AvgIpc) is 2.56. The number of nitrogens with one attached hydrogen (secondary N) is 1. The van der Waals surface area contributed by atoms with Crippen molar-refractivity contribution < 1.29 is 9.31 Å². The molecule has 3 nitrogen and oxygen atoms in total. The van der Waals surface area contributed by atoms with E-state index in [0.29, 0.717) is 0 Å². The lowest BCUT2D eigenvalue weighted by molar-refractivity contribution is 0.0340. The molecule has 13 heavy (non-hydrogen) atoms. The van der Waals surface area contributed by atoms with E-state index >= 15 is 0 Å². The van der Waals surface area contributed by atoms with Gasteiger partial charge in [0.15, 0.2) is 0 Å². The van der Waals surface area contributed by atoms with Crippen molar-refractivity contribution in [1.29, 1.82) is 0 Å². The highest BCUT2D eigenvalue weighted by Crippen LogP contribution is 2.20. The van der Waals surface area contributed by atoms with E-state index in [0.717, 1.165) is 18.8 Å². The van der Waals surface area contributed by atoms with Crippen LogP contribution in [-0.4, -0.2) is 25.3 Å². The Morgan fingerprint density at radius 1 is 1.38 bits per heavy atom. The Hall–Kier alpha value is -0.735. The largest absolute Gasteiger partial charge is 0.511 e. The summed E-state index contributed by atoms with van der Waals surface area (Å²) in [6, 6.07) is 3.92. The van der Waals surface area contributed by atoms with Gasteiger partial charge in [-0.2, -0.15) is 0 Å². The lowest BCUT2D eigenvalue weighted by Crippen LogP contribution is -2.47. The zero-order valence-corrected chi connectivity index (χ0v) is 8.04. The van der Waals surface area contributed by atoms with Gasteiger partial charge in [0.25, 0.3) is 0 Å². The second kappa shape index (κ2) is 3.20. The van der Waals surface area contributed by atoms with Crippen LogP contribution in [0.5, 0.6) is 0 Å². The minimum Gasteiger partial charge on any atom is -0.406 e. The topological polar surface area (TPSA) is 34.2 Å². The first-order chi connectivity index (χ1) is 6.17. The van der Waals surface area contributed by atoms with Crippen LogP contribution in [0.3, 0.4) is 0 Å². The molecule has 0 spiro atoms. The summed E-state index contributed by atoms with van der Waals surface area (Å²) in [6.07, 6.45) is 1.88. The predicted molar refractivity (Wildman–Crippen MR) is 51.9 cm³/mol. The molecule has 1 aromatic rings. The number of aromatic nitrogens is 1. The zero-order chi connectivity index (χ0) is 9.31. The van der Waals surface area contributed by atoms with E-state index in [1.54, 1.807) is 0 Å². The number of hydrogen-bond donors (Lipinski definition) is 1. The molecule has 70 valence electrons. The number of hydrogen-bond acceptors (Lipinski definition) is 2. The molecule has 0 unspecified atom stereocenters. The summed E-state index contributed by atoms with van der Waals surface area (Å²) >= 11 is 0. The van der Waals surface area contributed by atoms with Gasteiger partial charge in [-0.1, -0.05) is 13.8 Å². The quantitative estimate of drug-likeness (QED) is 0.646. The van der Waals surface area contributed by atoms with Crippen molar-refractivity contribution >= 4 is 12.7 Å². The van der Waals surface area contributed by atoms with Gasteiger partial charge in [0, 0.05) is 30.4 Å². The Bertz CT molecular complexity index is 261. The van der Waals surface area contributed by atoms with Crippen molar-refractivity contribution in [2.24, 2.45) is 5.41 Å². The van der Waals surface area contributed by atoms with Crippen molar-refractivity contribution in [1.82, 2.24) is 4.98 Å².